The zero-order chi connectivity index (χ0) is 15.3. The Balaban J connectivity index is 2.36. The highest BCUT2D eigenvalue weighted by atomic mass is 35.7. The summed E-state index contributed by atoms with van der Waals surface area (Å²) in [6.07, 6.45) is 0.719. The van der Waals surface area contributed by atoms with Gasteiger partial charge in [0.05, 0.1) is 10.5 Å². The van der Waals surface area contributed by atoms with Gasteiger partial charge in [0.15, 0.2) is 11.6 Å². The van der Waals surface area contributed by atoms with Gasteiger partial charge in [0.1, 0.15) is 0 Å². The van der Waals surface area contributed by atoms with Gasteiger partial charge < -0.3 is 5.32 Å². The number of halogens is 3. The van der Waals surface area contributed by atoms with Crippen molar-refractivity contribution in [3.8, 4) is 0 Å². The highest BCUT2D eigenvalue weighted by molar-refractivity contribution is 8.13. The van der Waals surface area contributed by atoms with E-state index in [4.69, 9.17) is 10.7 Å². The Morgan fingerprint density at radius 1 is 1.40 bits per heavy atom. The van der Waals surface area contributed by atoms with Gasteiger partial charge in [-0.15, -0.1) is 0 Å². The molecule has 1 aliphatic rings. The maximum atomic E-state index is 13.6. The molecular formula is C12H12ClF2NO3S. The molecule has 4 nitrogen and oxygen atoms in total. The molecule has 0 aromatic heterocycles. The number of rotatable bonds is 3. The summed E-state index contributed by atoms with van der Waals surface area (Å²) >= 11 is 0. The molecule has 0 heterocycles. The van der Waals surface area contributed by atoms with Gasteiger partial charge in [-0.05, 0) is 24.0 Å². The highest BCUT2D eigenvalue weighted by Crippen LogP contribution is 2.44. The summed E-state index contributed by atoms with van der Waals surface area (Å²) < 4.78 is 49.3. The van der Waals surface area contributed by atoms with E-state index in [0.29, 0.717) is 6.07 Å². The van der Waals surface area contributed by atoms with E-state index in [-0.39, 0.29) is 11.5 Å². The molecule has 1 N–H and O–H groups in total. The molecule has 2 rings (SSSR count). The number of carbonyl (C=O) groups is 1. The smallest absolute Gasteiger partial charge is 0.261 e. The van der Waals surface area contributed by atoms with Crippen LogP contribution >= 0.6 is 10.7 Å². The van der Waals surface area contributed by atoms with E-state index in [0.717, 1.165) is 12.5 Å². The molecule has 8 heteroatoms. The van der Waals surface area contributed by atoms with Crippen LogP contribution in [0.2, 0.25) is 0 Å². The number of hydrogen-bond acceptors (Lipinski definition) is 3. The predicted molar refractivity (Wildman–Crippen MR) is 69.0 cm³/mol. The maximum Gasteiger partial charge on any atom is 0.261 e. The summed E-state index contributed by atoms with van der Waals surface area (Å²) in [5.41, 5.74) is -0.771. The van der Waals surface area contributed by atoms with Crippen LogP contribution < -0.4 is 5.32 Å². The topological polar surface area (TPSA) is 63.2 Å². The van der Waals surface area contributed by atoms with Crippen LogP contribution in [-0.2, 0) is 9.05 Å². The molecule has 110 valence electrons. The standard InChI is InChI=1S/C12H12ClF2NO3S/c1-12(2)5-9(12)16-11(17)7-3-6(20(13,18)19)4-8(14)10(7)15/h3-4,9H,5H2,1-2H3,(H,16,17). The van der Waals surface area contributed by atoms with E-state index >= 15 is 0 Å². The summed E-state index contributed by atoms with van der Waals surface area (Å²) in [5.74, 6) is -3.70. The van der Waals surface area contributed by atoms with Crippen molar-refractivity contribution in [2.24, 2.45) is 5.41 Å². The summed E-state index contributed by atoms with van der Waals surface area (Å²) in [4.78, 5) is 11.2. The molecule has 0 radical (unpaired) electrons. The Kier molecular flexibility index (Phi) is 3.54. The maximum absolute atomic E-state index is 13.6. The normalized spacial score (nSPS) is 20.6. The lowest BCUT2D eigenvalue weighted by molar-refractivity contribution is 0.0941. The zero-order valence-corrected chi connectivity index (χ0v) is 12.3. The van der Waals surface area contributed by atoms with Crippen LogP contribution in [-0.4, -0.2) is 20.4 Å². The number of benzene rings is 1. The molecule has 1 amide bonds. The van der Waals surface area contributed by atoms with Gasteiger partial charge in [0.2, 0.25) is 0 Å². The lowest BCUT2D eigenvalue weighted by atomic mass is 10.1. The van der Waals surface area contributed by atoms with Crippen molar-refractivity contribution in [2.75, 3.05) is 0 Å². The van der Waals surface area contributed by atoms with Gasteiger partial charge in [0.25, 0.3) is 15.0 Å². The van der Waals surface area contributed by atoms with Gasteiger partial charge in [0, 0.05) is 16.7 Å². The first-order chi connectivity index (χ1) is 9.02. The van der Waals surface area contributed by atoms with E-state index in [9.17, 15) is 22.0 Å². The van der Waals surface area contributed by atoms with Gasteiger partial charge in [-0.3, -0.25) is 4.79 Å². The Labute approximate surface area is 119 Å². The van der Waals surface area contributed by atoms with Crippen molar-refractivity contribution in [2.45, 2.75) is 31.2 Å². The fraction of sp³-hybridized carbons (Fsp3) is 0.417. The van der Waals surface area contributed by atoms with E-state index in [1.807, 2.05) is 13.8 Å². The third-order valence-electron chi connectivity index (χ3n) is 3.35. The SMILES string of the molecule is CC1(C)CC1NC(=O)c1cc(S(=O)(=O)Cl)cc(F)c1F. The minimum Gasteiger partial charge on any atom is -0.349 e. The Morgan fingerprint density at radius 2 is 1.95 bits per heavy atom. The van der Waals surface area contributed by atoms with E-state index in [1.54, 1.807) is 0 Å². The fourth-order valence-corrected chi connectivity index (χ4v) is 2.59. The van der Waals surface area contributed by atoms with Crippen molar-refractivity contribution in [1.29, 1.82) is 0 Å². The second kappa shape index (κ2) is 4.66. The molecule has 0 aliphatic heterocycles. The molecule has 1 unspecified atom stereocenters. The molecule has 1 aromatic carbocycles. The number of hydrogen-bond donors (Lipinski definition) is 1. The molecule has 1 atom stereocenters. The van der Waals surface area contributed by atoms with Crippen LogP contribution in [0.25, 0.3) is 0 Å². The zero-order valence-electron chi connectivity index (χ0n) is 10.7. The second-order valence-corrected chi connectivity index (χ2v) is 7.99. The van der Waals surface area contributed by atoms with Crippen LogP contribution in [0.1, 0.15) is 30.6 Å². The molecule has 20 heavy (non-hydrogen) atoms. The van der Waals surface area contributed by atoms with Crippen molar-refractivity contribution in [1.82, 2.24) is 5.32 Å². The van der Waals surface area contributed by atoms with Crippen LogP contribution in [0.15, 0.2) is 17.0 Å². The molecule has 1 aromatic rings. The first-order valence-corrected chi connectivity index (χ1v) is 8.08. The minimum atomic E-state index is -4.25. The highest BCUT2D eigenvalue weighted by Gasteiger charge is 2.46. The van der Waals surface area contributed by atoms with Crippen molar-refractivity contribution in [3.63, 3.8) is 0 Å². The van der Waals surface area contributed by atoms with Crippen molar-refractivity contribution in [3.05, 3.63) is 29.3 Å². The average Bonchev–Trinajstić information content (AvgIpc) is 2.87. The van der Waals surface area contributed by atoms with Gasteiger partial charge in [-0.1, -0.05) is 13.8 Å². The quantitative estimate of drug-likeness (QED) is 0.869. The van der Waals surface area contributed by atoms with Crippen molar-refractivity contribution < 1.29 is 22.0 Å². The van der Waals surface area contributed by atoms with Crippen LogP contribution in [0.4, 0.5) is 8.78 Å². The average molecular weight is 324 g/mol. The number of nitrogens with one attached hydrogen (secondary N) is 1. The number of carbonyl (C=O) groups excluding carboxylic acids is 1. The first-order valence-electron chi connectivity index (χ1n) is 5.77. The molecular weight excluding hydrogens is 312 g/mol. The van der Waals surface area contributed by atoms with Gasteiger partial charge >= 0.3 is 0 Å². The largest absolute Gasteiger partial charge is 0.349 e. The fourth-order valence-electron chi connectivity index (χ4n) is 1.82. The third kappa shape index (κ3) is 2.93. The van der Waals surface area contributed by atoms with Crippen molar-refractivity contribution >= 4 is 25.6 Å². The lowest BCUT2D eigenvalue weighted by Gasteiger charge is -2.09. The van der Waals surface area contributed by atoms with Gasteiger partial charge in [-0.25, -0.2) is 17.2 Å². The number of amides is 1. The monoisotopic (exact) mass is 323 g/mol. The first kappa shape index (κ1) is 15.2. The van der Waals surface area contributed by atoms with E-state index in [2.05, 4.69) is 5.32 Å². The molecule has 0 saturated heterocycles. The molecule has 1 aliphatic carbocycles. The summed E-state index contributed by atoms with van der Waals surface area (Å²) in [7, 11) is 0.826. The minimum absolute atomic E-state index is 0.0964. The molecule has 1 saturated carbocycles. The van der Waals surface area contributed by atoms with Crippen LogP contribution in [0.3, 0.4) is 0 Å². The second-order valence-electron chi connectivity index (χ2n) is 5.42. The summed E-state index contributed by atoms with van der Waals surface area (Å²) in [6.45, 7) is 3.82. The Hall–Kier alpha value is -1.21. The Morgan fingerprint density at radius 3 is 2.40 bits per heavy atom. The molecule has 0 bridgehead atoms. The Bertz CT molecular complexity index is 688. The van der Waals surface area contributed by atoms with Gasteiger partial charge in [-0.2, -0.15) is 0 Å². The molecule has 0 spiro atoms. The van der Waals surface area contributed by atoms with E-state index in [1.165, 1.54) is 0 Å². The van der Waals surface area contributed by atoms with Crippen LogP contribution in [0.5, 0.6) is 0 Å². The third-order valence-corrected chi connectivity index (χ3v) is 4.68. The summed E-state index contributed by atoms with van der Waals surface area (Å²) in [5, 5.41) is 2.52. The lowest BCUT2D eigenvalue weighted by Crippen LogP contribution is -2.29. The molecule has 1 fully saturated rings. The van der Waals surface area contributed by atoms with E-state index < -0.39 is 37.1 Å². The predicted octanol–water partition coefficient (Wildman–Crippen LogP) is 2.42. The summed E-state index contributed by atoms with van der Waals surface area (Å²) in [6, 6.07) is 1.02. The van der Waals surface area contributed by atoms with Crippen LogP contribution in [0, 0.1) is 17.0 Å².